The summed E-state index contributed by atoms with van der Waals surface area (Å²) in [6.07, 6.45) is 1.05. The number of amides is 2. The average Bonchev–Trinajstić information content (AvgIpc) is 3.22. The van der Waals surface area contributed by atoms with E-state index in [0.717, 1.165) is 40.6 Å². The molecular formula is C21H30N4O2S. The normalized spacial score (nSPS) is 14.8. The van der Waals surface area contributed by atoms with E-state index in [2.05, 4.69) is 28.8 Å². The van der Waals surface area contributed by atoms with E-state index in [1.54, 1.807) is 23.2 Å². The second kappa shape index (κ2) is 8.47. The lowest BCUT2D eigenvalue weighted by Crippen LogP contribution is -2.50. The van der Waals surface area contributed by atoms with Crippen LogP contribution in [0.2, 0.25) is 0 Å². The first-order valence-corrected chi connectivity index (χ1v) is 10.8. The molecule has 1 fully saturated rings. The monoisotopic (exact) mass is 402 g/mol. The van der Waals surface area contributed by atoms with Gasteiger partial charge in [0.05, 0.1) is 22.0 Å². The molecule has 2 aromatic heterocycles. The summed E-state index contributed by atoms with van der Waals surface area (Å²) in [4.78, 5) is 33.1. The first-order valence-electron chi connectivity index (χ1n) is 9.95. The number of hydrogen-bond donors (Lipinski definition) is 0. The Bertz CT molecular complexity index is 860. The first-order chi connectivity index (χ1) is 13.3. The molecule has 0 aliphatic carbocycles. The highest BCUT2D eigenvalue weighted by Gasteiger charge is 2.27. The molecule has 28 heavy (non-hydrogen) atoms. The zero-order valence-corrected chi connectivity index (χ0v) is 18.3. The molecule has 1 aliphatic heterocycles. The van der Waals surface area contributed by atoms with Gasteiger partial charge in [0.2, 0.25) is 5.91 Å². The van der Waals surface area contributed by atoms with Gasteiger partial charge in [0.15, 0.2) is 0 Å². The molecule has 7 heteroatoms. The van der Waals surface area contributed by atoms with Crippen LogP contribution < -0.4 is 0 Å². The van der Waals surface area contributed by atoms with Crippen molar-refractivity contribution in [2.45, 2.75) is 47.6 Å². The number of hydrogen-bond acceptors (Lipinski definition) is 4. The number of carbonyl (C=O) groups excluding carboxylic acids is 2. The van der Waals surface area contributed by atoms with Crippen molar-refractivity contribution in [1.82, 2.24) is 19.4 Å². The fourth-order valence-corrected chi connectivity index (χ4v) is 4.23. The number of piperazine rings is 1. The van der Waals surface area contributed by atoms with Crippen molar-refractivity contribution in [3.05, 3.63) is 27.7 Å². The Morgan fingerprint density at radius 3 is 2.32 bits per heavy atom. The van der Waals surface area contributed by atoms with Crippen LogP contribution in [0.3, 0.4) is 0 Å². The molecule has 152 valence electrons. The molecule has 6 nitrogen and oxygen atoms in total. The van der Waals surface area contributed by atoms with Crippen molar-refractivity contribution in [3.63, 3.8) is 0 Å². The van der Waals surface area contributed by atoms with Gasteiger partial charge in [0.25, 0.3) is 5.91 Å². The Hall–Kier alpha value is -2.15. The van der Waals surface area contributed by atoms with Gasteiger partial charge in [-0.05, 0) is 32.3 Å². The fraction of sp³-hybridized carbons (Fsp3) is 0.571. The van der Waals surface area contributed by atoms with E-state index in [-0.39, 0.29) is 11.8 Å². The highest BCUT2D eigenvalue weighted by molar-refractivity contribution is 7.09. The lowest BCUT2D eigenvalue weighted by Gasteiger charge is -2.34. The zero-order valence-electron chi connectivity index (χ0n) is 17.5. The number of rotatable bonds is 5. The van der Waals surface area contributed by atoms with E-state index >= 15 is 0 Å². The van der Waals surface area contributed by atoms with Gasteiger partial charge in [-0.3, -0.25) is 9.59 Å². The Balaban J connectivity index is 1.88. The average molecular weight is 403 g/mol. The zero-order chi connectivity index (χ0) is 20.4. The molecule has 0 N–H and O–H groups in total. The van der Waals surface area contributed by atoms with Gasteiger partial charge >= 0.3 is 0 Å². The van der Waals surface area contributed by atoms with E-state index in [9.17, 15) is 9.59 Å². The van der Waals surface area contributed by atoms with Crippen LogP contribution in [-0.2, 0) is 11.3 Å². The van der Waals surface area contributed by atoms with E-state index in [4.69, 9.17) is 0 Å². The molecule has 3 rings (SSSR count). The van der Waals surface area contributed by atoms with E-state index in [1.165, 1.54) is 0 Å². The van der Waals surface area contributed by atoms with Crippen LogP contribution in [0.5, 0.6) is 0 Å². The summed E-state index contributed by atoms with van der Waals surface area (Å²) < 4.78 is 2.24. The fourth-order valence-electron chi connectivity index (χ4n) is 3.63. The third-order valence-corrected chi connectivity index (χ3v) is 6.19. The summed E-state index contributed by atoms with van der Waals surface area (Å²) in [6.45, 7) is 13.3. The molecule has 1 saturated heterocycles. The summed E-state index contributed by atoms with van der Waals surface area (Å²) in [5, 5.41) is 3.09. The molecule has 1 aliphatic rings. The van der Waals surface area contributed by atoms with Crippen molar-refractivity contribution in [1.29, 1.82) is 0 Å². The van der Waals surface area contributed by atoms with Crippen LogP contribution in [0.4, 0.5) is 0 Å². The molecule has 0 saturated carbocycles. The Morgan fingerprint density at radius 2 is 1.79 bits per heavy atom. The van der Waals surface area contributed by atoms with Crippen molar-refractivity contribution >= 4 is 23.2 Å². The minimum absolute atomic E-state index is 0.0530. The quantitative estimate of drug-likeness (QED) is 0.768. The lowest BCUT2D eigenvalue weighted by atomic mass is 10.1. The summed E-state index contributed by atoms with van der Waals surface area (Å²) in [5.41, 5.74) is 3.71. The van der Waals surface area contributed by atoms with E-state index in [0.29, 0.717) is 32.1 Å². The van der Waals surface area contributed by atoms with E-state index in [1.807, 2.05) is 24.8 Å². The van der Waals surface area contributed by atoms with Gasteiger partial charge in [-0.2, -0.15) is 0 Å². The molecule has 2 aromatic rings. The maximum Gasteiger partial charge on any atom is 0.255 e. The van der Waals surface area contributed by atoms with Gasteiger partial charge in [0.1, 0.15) is 0 Å². The topological polar surface area (TPSA) is 58.4 Å². The molecule has 0 spiro atoms. The number of nitrogens with zero attached hydrogens (tertiary/aromatic N) is 4. The predicted octanol–water partition coefficient (Wildman–Crippen LogP) is 3.58. The van der Waals surface area contributed by atoms with Crippen LogP contribution in [0, 0.1) is 19.8 Å². The molecule has 0 radical (unpaired) electrons. The van der Waals surface area contributed by atoms with Crippen LogP contribution >= 0.6 is 11.3 Å². The van der Waals surface area contributed by atoms with Gasteiger partial charge in [-0.15, -0.1) is 11.3 Å². The molecule has 2 amide bonds. The van der Waals surface area contributed by atoms with Crippen LogP contribution in [0.1, 0.15) is 48.3 Å². The second-order valence-corrected chi connectivity index (χ2v) is 8.98. The smallest absolute Gasteiger partial charge is 0.255 e. The number of aryl methyl sites for hydroxylation is 1. The van der Waals surface area contributed by atoms with Crippen molar-refractivity contribution in [3.8, 4) is 11.4 Å². The van der Waals surface area contributed by atoms with Gasteiger partial charge in [-0.25, -0.2) is 4.98 Å². The largest absolute Gasteiger partial charge is 0.343 e. The Kier molecular flexibility index (Phi) is 6.23. The maximum atomic E-state index is 13.2. The molecular weight excluding hydrogens is 372 g/mol. The highest BCUT2D eigenvalue weighted by atomic mass is 32.1. The summed E-state index contributed by atoms with van der Waals surface area (Å²) in [6, 6.07) is 2.00. The maximum absolute atomic E-state index is 13.2. The second-order valence-electron chi connectivity index (χ2n) is 7.91. The first kappa shape index (κ1) is 20.6. The van der Waals surface area contributed by atoms with E-state index < -0.39 is 0 Å². The van der Waals surface area contributed by atoms with Gasteiger partial charge in [0, 0.05) is 50.7 Å². The van der Waals surface area contributed by atoms with Crippen LogP contribution in [-0.4, -0.2) is 57.3 Å². The molecule has 0 unspecified atom stereocenters. The lowest BCUT2D eigenvalue weighted by molar-refractivity contribution is -0.130. The molecule has 0 bridgehead atoms. The van der Waals surface area contributed by atoms with Crippen molar-refractivity contribution in [2.24, 2.45) is 5.92 Å². The number of thiazole rings is 1. The minimum Gasteiger partial charge on any atom is -0.343 e. The Morgan fingerprint density at radius 1 is 1.14 bits per heavy atom. The number of aromatic nitrogens is 2. The summed E-state index contributed by atoms with van der Waals surface area (Å²) in [5.74, 6) is 0.715. The van der Waals surface area contributed by atoms with Gasteiger partial charge in [-0.1, -0.05) is 13.8 Å². The molecule has 3 heterocycles. The van der Waals surface area contributed by atoms with Crippen molar-refractivity contribution < 1.29 is 9.59 Å². The summed E-state index contributed by atoms with van der Waals surface area (Å²) >= 11 is 1.63. The third-order valence-electron chi connectivity index (χ3n) is 5.42. The molecule has 0 aromatic carbocycles. The number of carbonyl (C=O) groups is 2. The highest BCUT2D eigenvalue weighted by Crippen LogP contribution is 2.29. The van der Waals surface area contributed by atoms with Crippen LogP contribution in [0.25, 0.3) is 11.4 Å². The van der Waals surface area contributed by atoms with Crippen LogP contribution in [0.15, 0.2) is 11.4 Å². The Labute approximate surface area is 171 Å². The van der Waals surface area contributed by atoms with Gasteiger partial charge < -0.3 is 14.4 Å². The minimum atomic E-state index is 0.0530. The predicted molar refractivity (Wildman–Crippen MR) is 113 cm³/mol. The standard InChI is InChI=1S/C21H30N4O2S/c1-14(2)6-7-25-15(3)18(12-20(25)19-13-28-16(4)22-19)21(27)24-10-8-23(9-11-24)17(5)26/h12-14H,6-11H2,1-5H3. The summed E-state index contributed by atoms with van der Waals surface area (Å²) in [7, 11) is 0. The van der Waals surface area contributed by atoms with Crippen molar-refractivity contribution in [2.75, 3.05) is 26.2 Å². The SMILES string of the molecule is CC(=O)N1CCN(C(=O)c2cc(-c3csc(C)n3)n(CCC(C)C)c2C)CC1. The third kappa shape index (κ3) is 4.29. The molecule has 0 atom stereocenters.